The summed E-state index contributed by atoms with van der Waals surface area (Å²) in [4.78, 5) is 14.7. The van der Waals surface area contributed by atoms with Crippen LogP contribution in [0.1, 0.15) is 33.6 Å². The van der Waals surface area contributed by atoms with E-state index < -0.39 is 24.3 Å². The van der Waals surface area contributed by atoms with E-state index in [1.165, 1.54) is 31.6 Å². The maximum atomic E-state index is 14.7. The van der Waals surface area contributed by atoms with E-state index in [0.717, 1.165) is 48.9 Å². The maximum Gasteiger partial charge on any atom is 0.393 e. The van der Waals surface area contributed by atoms with Crippen LogP contribution in [0.4, 0.5) is 28.9 Å². The molecule has 0 saturated carbocycles. The number of nitrogens with zero attached hydrogens (tertiary/aromatic N) is 1. The molecule has 0 unspecified atom stereocenters. The lowest BCUT2D eigenvalue weighted by molar-refractivity contribution is -0.126. The zero-order chi connectivity index (χ0) is 32.4. The molecule has 1 aliphatic heterocycles. The Kier molecular flexibility index (Phi) is 12.3. The van der Waals surface area contributed by atoms with Crippen molar-refractivity contribution in [3.05, 3.63) is 52.2 Å². The zero-order valence-electron chi connectivity index (χ0n) is 25.5. The van der Waals surface area contributed by atoms with Crippen LogP contribution in [0.2, 0.25) is 0 Å². The molecule has 0 bridgehead atoms. The van der Waals surface area contributed by atoms with Crippen molar-refractivity contribution in [2.75, 3.05) is 77.9 Å². The van der Waals surface area contributed by atoms with Crippen molar-refractivity contribution in [2.24, 2.45) is 0 Å². The number of hydrogen-bond donors (Lipinski definition) is 3. The summed E-state index contributed by atoms with van der Waals surface area (Å²) >= 11 is 1.23. The van der Waals surface area contributed by atoms with E-state index in [4.69, 9.17) is 14.2 Å². The Morgan fingerprint density at radius 3 is 2.53 bits per heavy atom. The molecule has 0 aliphatic carbocycles. The van der Waals surface area contributed by atoms with Gasteiger partial charge in [0, 0.05) is 53.0 Å². The van der Waals surface area contributed by atoms with Crippen molar-refractivity contribution in [3.8, 4) is 17.6 Å². The fourth-order valence-corrected chi connectivity index (χ4v) is 6.29. The molecular formula is C32H38F4N4O4S. The normalized spacial score (nSPS) is 14.2. The summed E-state index contributed by atoms with van der Waals surface area (Å²) < 4.78 is 72.3. The first-order valence-electron chi connectivity index (χ1n) is 14.6. The first-order valence-corrected chi connectivity index (χ1v) is 15.4. The van der Waals surface area contributed by atoms with E-state index in [0.29, 0.717) is 16.9 Å². The van der Waals surface area contributed by atoms with E-state index in [-0.39, 0.29) is 48.4 Å². The number of methoxy groups -OCH3 is 2. The Labute approximate surface area is 264 Å². The molecule has 2 heterocycles. The molecule has 3 N–H and O–H groups in total. The van der Waals surface area contributed by atoms with Gasteiger partial charge in [0.05, 0.1) is 52.7 Å². The van der Waals surface area contributed by atoms with Crippen molar-refractivity contribution in [2.45, 2.75) is 31.5 Å². The third kappa shape index (κ3) is 9.46. The molecule has 1 aliphatic rings. The van der Waals surface area contributed by atoms with E-state index in [2.05, 4.69) is 32.7 Å². The number of halogens is 4. The topological polar surface area (TPSA) is 84.1 Å². The van der Waals surface area contributed by atoms with Gasteiger partial charge in [-0.2, -0.15) is 13.2 Å². The minimum Gasteiger partial charge on any atom is -0.489 e. The van der Waals surface area contributed by atoms with Crippen LogP contribution in [0, 0.1) is 17.7 Å². The molecule has 3 aromatic rings. The molecule has 45 heavy (non-hydrogen) atoms. The number of amides is 1. The molecule has 0 radical (unpaired) electrons. The molecule has 4 rings (SSSR count). The highest BCUT2D eigenvalue weighted by molar-refractivity contribution is 7.20. The number of ether oxygens (including phenoxy) is 3. The van der Waals surface area contributed by atoms with Gasteiger partial charge in [-0.05, 0) is 35.9 Å². The van der Waals surface area contributed by atoms with Gasteiger partial charge in [-0.25, -0.2) is 4.39 Å². The van der Waals surface area contributed by atoms with Crippen LogP contribution in [0.3, 0.4) is 0 Å². The number of carbonyl (C=O) groups excluding carboxylic acids is 1. The number of nitrogens with one attached hydrogen (secondary N) is 3. The summed E-state index contributed by atoms with van der Waals surface area (Å²) in [5.41, 5.74) is 0.992. The van der Waals surface area contributed by atoms with Gasteiger partial charge in [0.15, 0.2) is 0 Å². The SMILES string of the molecule is CNC(=O)c1cc(OCCOC)c(NCC#Cc2sc3c(NC4CCN(CCOC)CC4)cccc3c2CC(F)(F)F)cc1F. The Hall–Kier alpha value is -3.57. The van der Waals surface area contributed by atoms with Crippen molar-refractivity contribution in [1.29, 1.82) is 0 Å². The fourth-order valence-electron chi connectivity index (χ4n) is 5.12. The molecule has 244 valence electrons. The number of piperidine rings is 1. The highest BCUT2D eigenvalue weighted by Crippen LogP contribution is 2.39. The minimum atomic E-state index is -4.42. The molecule has 0 atom stereocenters. The summed E-state index contributed by atoms with van der Waals surface area (Å²) in [7, 11) is 4.58. The van der Waals surface area contributed by atoms with Crippen molar-refractivity contribution >= 4 is 38.7 Å². The summed E-state index contributed by atoms with van der Waals surface area (Å²) in [6.45, 7) is 3.81. The van der Waals surface area contributed by atoms with Gasteiger partial charge < -0.3 is 35.1 Å². The summed E-state index contributed by atoms with van der Waals surface area (Å²) in [6.07, 6.45) is -3.68. The number of likely N-dealkylation sites (tertiary alicyclic amines) is 1. The van der Waals surface area contributed by atoms with E-state index in [1.807, 2.05) is 6.07 Å². The molecule has 2 aromatic carbocycles. The van der Waals surface area contributed by atoms with Crippen LogP contribution >= 0.6 is 11.3 Å². The highest BCUT2D eigenvalue weighted by atomic mass is 32.1. The highest BCUT2D eigenvalue weighted by Gasteiger charge is 2.31. The Morgan fingerprint density at radius 1 is 1.09 bits per heavy atom. The van der Waals surface area contributed by atoms with Crippen molar-refractivity contribution in [1.82, 2.24) is 10.2 Å². The number of fused-ring (bicyclic) bond motifs is 1. The van der Waals surface area contributed by atoms with Crippen LogP contribution in [0.5, 0.6) is 5.75 Å². The van der Waals surface area contributed by atoms with Crippen molar-refractivity contribution < 1.29 is 36.6 Å². The molecule has 13 heteroatoms. The molecule has 1 amide bonds. The number of carbonyl (C=O) groups is 1. The monoisotopic (exact) mass is 650 g/mol. The van der Waals surface area contributed by atoms with Gasteiger partial charge in [-0.3, -0.25) is 4.79 Å². The van der Waals surface area contributed by atoms with Gasteiger partial charge in [-0.1, -0.05) is 24.0 Å². The smallest absolute Gasteiger partial charge is 0.393 e. The largest absolute Gasteiger partial charge is 0.489 e. The molecular weight excluding hydrogens is 612 g/mol. The first kappa shape index (κ1) is 34.3. The first-order chi connectivity index (χ1) is 21.6. The number of anilines is 2. The number of hydrogen-bond acceptors (Lipinski definition) is 8. The fraction of sp³-hybridized carbons (Fsp3) is 0.469. The van der Waals surface area contributed by atoms with Gasteiger partial charge in [0.1, 0.15) is 18.2 Å². The van der Waals surface area contributed by atoms with Crippen LogP contribution < -0.4 is 20.7 Å². The van der Waals surface area contributed by atoms with Crippen LogP contribution in [0.15, 0.2) is 30.3 Å². The molecule has 0 spiro atoms. The second-order valence-corrected chi connectivity index (χ2v) is 11.6. The average Bonchev–Trinajstić information content (AvgIpc) is 3.36. The number of rotatable bonds is 13. The van der Waals surface area contributed by atoms with Gasteiger partial charge in [0.2, 0.25) is 0 Å². The lowest BCUT2D eigenvalue weighted by atomic mass is 10.0. The zero-order valence-corrected chi connectivity index (χ0v) is 26.4. The summed E-state index contributed by atoms with van der Waals surface area (Å²) in [5, 5.41) is 9.44. The Balaban J connectivity index is 1.55. The van der Waals surface area contributed by atoms with Gasteiger partial charge in [0.25, 0.3) is 5.91 Å². The van der Waals surface area contributed by atoms with E-state index >= 15 is 0 Å². The summed E-state index contributed by atoms with van der Waals surface area (Å²) in [6, 6.07) is 7.99. The number of thiophene rings is 1. The Bertz CT molecular complexity index is 1510. The molecule has 1 saturated heterocycles. The Morgan fingerprint density at radius 2 is 1.84 bits per heavy atom. The van der Waals surface area contributed by atoms with Gasteiger partial charge >= 0.3 is 6.18 Å². The van der Waals surface area contributed by atoms with Crippen LogP contribution in [-0.4, -0.2) is 90.3 Å². The average molecular weight is 651 g/mol. The molecule has 8 nitrogen and oxygen atoms in total. The quantitative estimate of drug-likeness (QED) is 0.128. The lowest BCUT2D eigenvalue weighted by Gasteiger charge is -2.32. The van der Waals surface area contributed by atoms with Gasteiger partial charge in [-0.15, -0.1) is 11.3 Å². The third-order valence-electron chi connectivity index (χ3n) is 7.41. The maximum absolute atomic E-state index is 14.7. The second kappa shape index (κ2) is 16.1. The molecule has 1 aromatic heterocycles. The summed E-state index contributed by atoms with van der Waals surface area (Å²) in [5.74, 6) is 4.65. The van der Waals surface area contributed by atoms with E-state index in [9.17, 15) is 22.4 Å². The lowest BCUT2D eigenvalue weighted by Crippen LogP contribution is -2.40. The van der Waals surface area contributed by atoms with E-state index in [1.54, 1.807) is 19.2 Å². The molecule has 1 fully saturated rings. The predicted molar refractivity (Wildman–Crippen MR) is 169 cm³/mol. The van der Waals surface area contributed by atoms with Crippen LogP contribution in [-0.2, 0) is 15.9 Å². The second-order valence-electron chi connectivity index (χ2n) is 10.5. The van der Waals surface area contributed by atoms with Crippen molar-refractivity contribution in [3.63, 3.8) is 0 Å². The van der Waals surface area contributed by atoms with Crippen LogP contribution in [0.25, 0.3) is 10.1 Å². The predicted octanol–water partition coefficient (Wildman–Crippen LogP) is 5.52. The number of benzene rings is 2. The third-order valence-corrected chi connectivity index (χ3v) is 8.61. The minimum absolute atomic E-state index is 0.00808. The number of alkyl halides is 3. The standard InChI is InChI=1S/C32H38F4N4O4S/c1-37-31(41)23-18-28(44-17-16-43-3)27(19-25(23)33)38-11-5-8-29-24(20-32(34,35)36)22-6-4-7-26(30(22)45-29)39-21-9-12-40(13-10-21)14-15-42-2/h4,6-7,18-19,21,38-39H,9-17,20H2,1-3H3,(H,37,41).